The summed E-state index contributed by atoms with van der Waals surface area (Å²) in [6.07, 6.45) is 1.60. The van der Waals surface area contributed by atoms with E-state index in [1.165, 1.54) is 10.7 Å². The summed E-state index contributed by atoms with van der Waals surface area (Å²) in [5.41, 5.74) is 7.17. The molecule has 0 saturated heterocycles. The minimum absolute atomic E-state index is 0.201. The summed E-state index contributed by atoms with van der Waals surface area (Å²) in [6, 6.07) is 12.5. The van der Waals surface area contributed by atoms with E-state index in [-0.39, 0.29) is 10.6 Å². The lowest BCUT2D eigenvalue weighted by molar-refractivity contribution is 0.1000. The third-order valence-corrected chi connectivity index (χ3v) is 4.38. The largest absolute Gasteiger partial charge is 0.364 e. The number of carbonyl (C=O) groups excluding carboxylic acids is 1. The van der Waals surface area contributed by atoms with Crippen molar-refractivity contribution < 1.29 is 4.79 Å². The molecule has 3 aromatic rings. The van der Waals surface area contributed by atoms with Crippen molar-refractivity contribution in [3.05, 3.63) is 70.5 Å². The molecular weight excluding hydrogens is 324 g/mol. The summed E-state index contributed by atoms with van der Waals surface area (Å²) in [7, 11) is 0. The van der Waals surface area contributed by atoms with Crippen LogP contribution in [0.5, 0.6) is 0 Å². The van der Waals surface area contributed by atoms with E-state index in [4.69, 9.17) is 5.73 Å². The molecule has 0 spiro atoms. The molecule has 2 aromatic heterocycles. The number of hydrogen-bond donors (Lipinski definition) is 1. The molecule has 24 heavy (non-hydrogen) atoms. The van der Waals surface area contributed by atoms with E-state index in [1.54, 1.807) is 12.1 Å². The number of aromatic nitrogens is 3. The summed E-state index contributed by atoms with van der Waals surface area (Å²) < 4.78 is 1.31. The molecule has 2 N–H and O–H groups in total. The van der Waals surface area contributed by atoms with Crippen LogP contribution in [0.2, 0.25) is 0 Å². The predicted octanol–water partition coefficient (Wildman–Crippen LogP) is 2.32. The fourth-order valence-corrected chi connectivity index (χ4v) is 3.12. The van der Waals surface area contributed by atoms with Crippen molar-refractivity contribution in [3.63, 3.8) is 0 Å². The molecule has 1 amide bonds. The fourth-order valence-electron chi connectivity index (χ4n) is 2.21. The van der Waals surface area contributed by atoms with E-state index in [9.17, 15) is 9.59 Å². The van der Waals surface area contributed by atoms with Crippen LogP contribution in [0.15, 0.2) is 59.9 Å². The first-order valence-corrected chi connectivity index (χ1v) is 7.97. The predicted molar refractivity (Wildman–Crippen MR) is 93.8 cm³/mol. The maximum Gasteiger partial charge on any atom is 0.277 e. The van der Waals surface area contributed by atoms with Crippen molar-refractivity contribution in [2.75, 3.05) is 0 Å². The topological polar surface area (TPSA) is 90.9 Å². The first-order valence-electron chi connectivity index (χ1n) is 7.15. The summed E-state index contributed by atoms with van der Waals surface area (Å²) in [5.74, 6) is -0.595. The number of amides is 1. The normalized spacial score (nSPS) is 10.5. The highest BCUT2D eigenvalue weighted by atomic mass is 32.1. The number of rotatable bonds is 5. The van der Waals surface area contributed by atoms with Crippen LogP contribution in [0.4, 0.5) is 0 Å². The molecule has 0 fully saturated rings. The molecule has 0 unspecified atom stereocenters. The lowest BCUT2D eigenvalue weighted by Gasteiger charge is -2.05. The van der Waals surface area contributed by atoms with Gasteiger partial charge in [0.05, 0.1) is 17.1 Å². The summed E-state index contributed by atoms with van der Waals surface area (Å²) in [5, 5.41) is 4.54. The van der Waals surface area contributed by atoms with Gasteiger partial charge in [0.15, 0.2) is 5.01 Å². The number of benzene rings is 1. The van der Waals surface area contributed by atoms with Gasteiger partial charge < -0.3 is 5.73 Å². The average molecular weight is 338 g/mol. The number of nitrogens with two attached hydrogens (primary N) is 1. The summed E-state index contributed by atoms with van der Waals surface area (Å²) in [6.45, 7) is 3.92. The molecular formula is C17H14N4O2S. The molecule has 2 heterocycles. The molecule has 0 saturated carbocycles. The Balaban J connectivity index is 2.20. The number of thiazole rings is 1. The minimum Gasteiger partial charge on any atom is -0.364 e. The maximum absolute atomic E-state index is 11.8. The van der Waals surface area contributed by atoms with Gasteiger partial charge in [-0.15, -0.1) is 17.9 Å². The molecule has 0 bridgehead atoms. The third-order valence-electron chi connectivity index (χ3n) is 3.29. The van der Waals surface area contributed by atoms with Gasteiger partial charge in [-0.05, 0) is 6.07 Å². The van der Waals surface area contributed by atoms with Crippen molar-refractivity contribution in [2.24, 2.45) is 5.73 Å². The molecule has 3 rings (SSSR count). The lowest BCUT2D eigenvalue weighted by Crippen LogP contribution is -2.21. The molecule has 120 valence electrons. The Hall–Kier alpha value is -3.06. The van der Waals surface area contributed by atoms with Crippen molar-refractivity contribution in [3.8, 4) is 21.8 Å². The van der Waals surface area contributed by atoms with Gasteiger partial charge in [-0.25, -0.2) is 9.67 Å². The fraction of sp³-hybridized carbons (Fsp3) is 0.0588. The summed E-state index contributed by atoms with van der Waals surface area (Å²) >= 11 is 1.16. The Morgan fingerprint density at radius 3 is 2.67 bits per heavy atom. The lowest BCUT2D eigenvalue weighted by atomic mass is 10.1. The van der Waals surface area contributed by atoms with Gasteiger partial charge in [0.2, 0.25) is 0 Å². The van der Waals surface area contributed by atoms with Gasteiger partial charge in [0.1, 0.15) is 5.69 Å². The van der Waals surface area contributed by atoms with Gasteiger partial charge in [-0.2, -0.15) is 5.10 Å². The highest BCUT2D eigenvalue weighted by Gasteiger charge is 2.19. The minimum atomic E-state index is -0.595. The zero-order valence-corrected chi connectivity index (χ0v) is 13.5. The van der Waals surface area contributed by atoms with E-state index in [2.05, 4.69) is 16.7 Å². The first-order chi connectivity index (χ1) is 11.6. The Labute approximate surface area is 141 Å². The maximum atomic E-state index is 11.8. The smallest absolute Gasteiger partial charge is 0.277 e. The number of nitrogens with zero attached hydrogens (tertiary/aromatic N) is 3. The van der Waals surface area contributed by atoms with Gasteiger partial charge >= 0.3 is 0 Å². The quantitative estimate of drug-likeness (QED) is 0.723. The molecule has 0 aliphatic rings. The van der Waals surface area contributed by atoms with Crippen LogP contribution >= 0.6 is 11.3 Å². The second-order valence-corrected chi connectivity index (χ2v) is 5.95. The van der Waals surface area contributed by atoms with Gasteiger partial charge in [0.25, 0.3) is 11.5 Å². The van der Waals surface area contributed by atoms with Crippen LogP contribution < -0.4 is 11.3 Å². The molecule has 1 aromatic carbocycles. The van der Waals surface area contributed by atoms with E-state index in [0.717, 1.165) is 16.9 Å². The third kappa shape index (κ3) is 3.02. The monoisotopic (exact) mass is 338 g/mol. The molecule has 0 radical (unpaired) electrons. The molecule has 7 heteroatoms. The highest BCUT2D eigenvalue weighted by molar-refractivity contribution is 7.17. The second kappa shape index (κ2) is 6.59. The SMILES string of the molecule is C=CCn1nc(-c2sc(C(N)=O)nc2-c2ccccc2)ccc1=O. The average Bonchev–Trinajstić information content (AvgIpc) is 3.03. The summed E-state index contributed by atoms with van der Waals surface area (Å²) in [4.78, 5) is 28.4. The molecule has 6 nitrogen and oxygen atoms in total. The van der Waals surface area contributed by atoms with Crippen LogP contribution in [-0.4, -0.2) is 20.7 Å². The zero-order valence-electron chi connectivity index (χ0n) is 12.7. The number of primary amides is 1. The van der Waals surface area contributed by atoms with E-state index in [1.807, 2.05) is 30.3 Å². The van der Waals surface area contributed by atoms with Crippen molar-refractivity contribution in [1.82, 2.24) is 14.8 Å². The van der Waals surface area contributed by atoms with E-state index >= 15 is 0 Å². The van der Waals surface area contributed by atoms with Crippen LogP contribution in [0.25, 0.3) is 21.8 Å². The Morgan fingerprint density at radius 1 is 1.25 bits per heavy atom. The number of carbonyl (C=O) groups is 1. The Kier molecular flexibility index (Phi) is 4.35. The van der Waals surface area contributed by atoms with Crippen molar-refractivity contribution >= 4 is 17.2 Å². The molecule has 0 atom stereocenters. The van der Waals surface area contributed by atoms with Crippen LogP contribution in [-0.2, 0) is 6.54 Å². The number of hydrogen-bond acceptors (Lipinski definition) is 5. The first kappa shape index (κ1) is 15.8. The van der Waals surface area contributed by atoms with Crippen molar-refractivity contribution in [1.29, 1.82) is 0 Å². The standard InChI is InChI=1S/C17H14N4O2S/c1-2-10-21-13(22)9-8-12(20-21)15-14(11-6-4-3-5-7-11)19-17(24-15)16(18)23/h2-9H,1,10H2,(H2,18,23). The van der Waals surface area contributed by atoms with Crippen LogP contribution in [0.3, 0.4) is 0 Å². The van der Waals surface area contributed by atoms with E-state index in [0.29, 0.717) is 22.8 Å². The second-order valence-electron chi connectivity index (χ2n) is 4.95. The Bertz CT molecular complexity index is 960. The van der Waals surface area contributed by atoms with Gasteiger partial charge in [-0.3, -0.25) is 9.59 Å². The van der Waals surface area contributed by atoms with Crippen molar-refractivity contribution in [2.45, 2.75) is 6.54 Å². The van der Waals surface area contributed by atoms with Gasteiger partial charge in [0, 0.05) is 11.6 Å². The zero-order chi connectivity index (χ0) is 17.1. The Morgan fingerprint density at radius 2 is 2.00 bits per heavy atom. The highest BCUT2D eigenvalue weighted by Crippen LogP contribution is 2.35. The van der Waals surface area contributed by atoms with E-state index < -0.39 is 5.91 Å². The van der Waals surface area contributed by atoms with Crippen LogP contribution in [0, 0.1) is 0 Å². The van der Waals surface area contributed by atoms with Crippen LogP contribution in [0.1, 0.15) is 9.80 Å². The molecule has 0 aliphatic heterocycles. The molecule has 0 aliphatic carbocycles. The number of allylic oxidation sites excluding steroid dienone is 1. The van der Waals surface area contributed by atoms with Gasteiger partial charge in [-0.1, -0.05) is 36.4 Å².